The number of likely N-dealkylation sites (tertiary alicyclic amines) is 1. The molecule has 0 aliphatic carbocycles. The number of amides is 2. The lowest BCUT2D eigenvalue weighted by atomic mass is 9.95. The molecule has 1 aromatic carbocycles. The standard InChI is InChI=1S/C27H27N9O2/c1-16-11-29-27-32-21-8-17(12-28-13-21)2-3-19-10-20(31-25(16)34-27)4-5-22(19)33-24(37)9-18-14-36(15-18)26(38)23-6-7-30-35-23/h4-8,10-13,18H,2-3,9,14-15H2,1H3,(H,30,35)(H,33,37)(H2,29,31,32,34). The Morgan fingerprint density at radius 1 is 1.05 bits per heavy atom. The summed E-state index contributed by atoms with van der Waals surface area (Å²) in [5.74, 6) is 1.17. The monoisotopic (exact) mass is 509 g/mol. The van der Waals surface area contributed by atoms with Crippen LogP contribution >= 0.6 is 0 Å². The highest BCUT2D eigenvalue weighted by Crippen LogP contribution is 2.28. The quantitative estimate of drug-likeness (QED) is 0.327. The molecule has 4 aromatic rings. The maximum absolute atomic E-state index is 12.9. The van der Waals surface area contributed by atoms with E-state index in [0.29, 0.717) is 43.4 Å². The molecule has 11 heteroatoms. The van der Waals surface area contributed by atoms with Gasteiger partial charge in [0, 0.05) is 61.0 Å². The molecular weight excluding hydrogens is 482 g/mol. The van der Waals surface area contributed by atoms with Crippen molar-refractivity contribution in [3.63, 3.8) is 0 Å². The fourth-order valence-electron chi connectivity index (χ4n) is 4.74. The highest BCUT2D eigenvalue weighted by Gasteiger charge is 2.33. The Bertz CT molecular complexity index is 1500. The zero-order chi connectivity index (χ0) is 26.1. The minimum absolute atomic E-state index is 0.0623. The van der Waals surface area contributed by atoms with E-state index < -0.39 is 0 Å². The number of benzene rings is 1. The number of carbonyl (C=O) groups excluding carboxylic acids is 2. The van der Waals surface area contributed by atoms with E-state index in [-0.39, 0.29) is 17.7 Å². The molecular formula is C27H27N9O2. The predicted octanol–water partition coefficient (Wildman–Crippen LogP) is 3.59. The highest BCUT2D eigenvalue weighted by atomic mass is 16.2. The molecule has 3 aromatic heterocycles. The fourth-order valence-corrected chi connectivity index (χ4v) is 4.74. The maximum Gasteiger partial charge on any atom is 0.271 e. The molecule has 0 atom stereocenters. The van der Waals surface area contributed by atoms with Gasteiger partial charge in [-0.15, -0.1) is 0 Å². The lowest BCUT2D eigenvalue weighted by Gasteiger charge is -2.38. The minimum Gasteiger partial charge on any atom is -0.340 e. The largest absolute Gasteiger partial charge is 0.340 e. The van der Waals surface area contributed by atoms with E-state index in [2.05, 4.69) is 41.1 Å². The molecule has 4 N–H and O–H groups in total. The number of nitrogens with zero attached hydrogens (tertiary/aromatic N) is 5. The molecule has 2 aliphatic heterocycles. The first-order valence-corrected chi connectivity index (χ1v) is 12.5. The van der Waals surface area contributed by atoms with Gasteiger partial charge in [-0.2, -0.15) is 10.1 Å². The minimum atomic E-state index is -0.0895. The maximum atomic E-state index is 12.9. The summed E-state index contributed by atoms with van der Waals surface area (Å²) >= 11 is 0. The van der Waals surface area contributed by atoms with Gasteiger partial charge in [0.1, 0.15) is 11.5 Å². The van der Waals surface area contributed by atoms with E-state index in [1.165, 1.54) is 0 Å². The van der Waals surface area contributed by atoms with Crippen LogP contribution in [-0.4, -0.2) is 55.0 Å². The molecule has 192 valence electrons. The van der Waals surface area contributed by atoms with Crippen molar-refractivity contribution in [1.29, 1.82) is 0 Å². The van der Waals surface area contributed by atoms with Crippen LogP contribution in [0.15, 0.2) is 55.1 Å². The SMILES string of the molecule is Cc1cnc2nc1Nc1ccc(NC(=O)CC3CN(C(=O)c4ccn[nH]4)C3)c(c1)CCc1cncc(c1)N2. The van der Waals surface area contributed by atoms with Gasteiger partial charge >= 0.3 is 0 Å². The van der Waals surface area contributed by atoms with Crippen molar-refractivity contribution < 1.29 is 9.59 Å². The van der Waals surface area contributed by atoms with Gasteiger partial charge in [0.25, 0.3) is 5.91 Å². The van der Waals surface area contributed by atoms with Gasteiger partial charge in [-0.25, -0.2) is 4.98 Å². The van der Waals surface area contributed by atoms with Crippen molar-refractivity contribution >= 4 is 40.6 Å². The Kier molecular flexibility index (Phi) is 6.16. The second-order valence-electron chi connectivity index (χ2n) is 9.73. The van der Waals surface area contributed by atoms with Crippen molar-refractivity contribution in [2.24, 2.45) is 5.92 Å². The Morgan fingerprint density at radius 2 is 1.95 bits per heavy atom. The van der Waals surface area contributed by atoms with E-state index >= 15 is 0 Å². The van der Waals surface area contributed by atoms with Gasteiger partial charge in [0.05, 0.1) is 11.9 Å². The first-order chi connectivity index (χ1) is 18.5. The molecule has 0 radical (unpaired) electrons. The van der Waals surface area contributed by atoms with Crippen LogP contribution in [0.4, 0.5) is 28.8 Å². The third-order valence-corrected chi connectivity index (χ3v) is 6.80. The van der Waals surface area contributed by atoms with Crippen LogP contribution in [0.5, 0.6) is 0 Å². The summed E-state index contributed by atoms with van der Waals surface area (Å²) in [6.45, 7) is 3.06. The molecule has 2 aliphatic rings. The van der Waals surface area contributed by atoms with E-state index in [1.54, 1.807) is 29.6 Å². The summed E-state index contributed by atoms with van der Waals surface area (Å²) in [7, 11) is 0. The number of aromatic nitrogens is 5. The number of aryl methyl sites for hydroxylation is 3. The summed E-state index contributed by atoms with van der Waals surface area (Å²) in [4.78, 5) is 40.4. The fraction of sp³-hybridized carbons (Fsp3) is 0.259. The van der Waals surface area contributed by atoms with Crippen LogP contribution in [0.2, 0.25) is 0 Å². The molecule has 6 bridgehead atoms. The smallest absolute Gasteiger partial charge is 0.271 e. The van der Waals surface area contributed by atoms with E-state index in [4.69, 9.17) is 0 Å². The van der Waals surface area contributed by atoms with Crippen molar-refractivity contribution in [2.45, 2.75) is 26.2 Å². The van der Waals surface area contributed by atoms with Crippen LogP contribution in [0.1, 0.15) is 33.6 Å². The number of aromatic amines is 1. The average molecular weight is 510 g/mol. The molecule has 1 saturated heterocycles. The molecule has 0 unspecified atom stereocenters. The summed E-state index contributed by atoms with van der Waals surface area (Å²) in [5, 5.41) is 16.2. The Morgan fingerprint density at radius 3 is 2.79 bits per heavy atom. The Labute approximate surface area is 219 Å². The molecule has 0 saturated carbocycles. The molecule has 11 nitrogen and oxygen atoms in total. The molecule has 0 spiro atoms. The van der Waals surface area contributed by atoms with E-state index in [9.17, 15) is 9.59 Å². The molecule has 38 heavy (non-hydrogen) atoms. The zero-order valence-electron chi connectivity index (χ0n) is 20.9. The summed E-state index contributed by atoms with van der Waals surface area (Å²) in [5.41, 5.74) is 5.93. The van der Waals surface area contributed by atoms with Gasteiger partial charge in [-0.3, -0.25) is 19.7 Å². The Balaban J connectivity index is 1.18. The van der Waals surface area contributed by atoms with Crippen LogP contribution in [0.25, 0.3) is 0 Å². The van der Waals surface area contributed by atoms with Crippen LogP contribution in [0, 0.1) is 12.8 Å². The first-order valence-electron chi connectivity index (χ1n) is 12.5. The first kappa shape index (κ1) is 23.6. The number of hydrogen-bond donors (Lipinski definition) is 4. The Hall–Kier alpha value is -4.80. The summed E-state index contributed by atoms with van der Waals surface area (Å²) < 4.78 is 0. The second kappa shape index (κ2) is 9.92. The number of carbonyl (C=O) groups is 2. The molecule has 5 heterocycles. The second-order valence-corrected chi connectivity index (χ2v) is 9.73. The van der Waals surface area contributed by atoms with Crippen LogP contribution in [0.3, 0.4) is 0 Å². The highest BCUT2D eigenvalue weighted by molar-refractivity contribution is 5.94. The number of rotatable bonds is 4. The lowest BCUT2D eigenvalue weighted by molar-refractivity contribution is -0.118. The number of fused-ring (bicyclic) bond motifs is 6. The topological polar surface area (TPSA) is 141 Å². The number of nitrogens with one attached hydrogen (secondary N) is 4. The van der Waals surface area contributed by atoms with Crippen molar-refractivity contribution in [3.8, 4) is 0 Å². The van der Waals surface area contributed by atoms with Gasteiger partial charge in [0.2, 0.25) is 11.9 Å². The van der Waals surface area contributed by atoms with Gasteiger partial charge in [-0.05, 0) is 61.2 Å². The molecule has 2 amide bonds. The van der Waals surface area contributed by atoms with Crippen molar-refractivity contribution in [2.75, 3.05) is 29.0 Å². The molecule has 6 rings (SSSR count). The predicted molar refractivity (Wildman–Crippen MR) is 143 cm³/mol. The summed E-state index contributed by atoms with van der Waals surface area (Å²) in [6, 6.07) is 9.60. The lowest BCUT2D eigenvalue weighted by Crippen LogP contribution is -2.51. The van der Waals surface area contributed by atoms with Crippen molar-refractivity contribution in [1.82, 2.24) is 30.0 Å². The third kappa shape index (κ3) is 5.03. The van der Waals surface area contributed by atoms with Crippen LogP contribution < -0.4 is 16.0 Å². The van der Waals surface area contributed by atoms with Crippen molar-refractivity contribution in [3.05, 3.63) is 77.5 Å². The van der Waals surface area contributed by atoms with Crippen LogP contribution in [-0.2, 0) is 17.6 Å². The van der Waals surface area contributed by atoms with E-state index in [0.717, 1.165) is 40.2 Å². The number of anilines is 5. The van der Waals surface area contributed by atoms with Gasteiger partial charge < -0.3 is 20.9 Å². The molecule has 1 fully saturated rings. The van der Waals surface area contributed by atoms with Gasteiger partial charge in [0.15, 0.2) is 0 Å². The zero-order valence-corrected chi connectivity index (χ0v) is 20.9. The summed E-state index contributed by atoms with van der Waals surface area (Å²) in [6.07, 6.45) is 8.74. The normalized spacial score (nSPS) is 14.6. The van der Waals surface area contributed by atoms with Gasteiger partial charge in [-0.1, -0.05) is 0 Å². The number of H-pyrrole nitrogens is 1. The number of pyridine rings is 1. The van der Waals surface area contributed by atoms with E-state index in [1.807, 2.05) is 37.4 Å². The average Bonchev–Trinajstić information content (AvgIpc) is 3.43. The third-order valence-electron chi connectivity index (χ3n) is 6.80. The number of hydrogen-bond acceptors (Lipinski definition) is 8.